The largest absolute Gasteiger partial charge is 0.291 e. The monoisotopic (exact) mass is 216 g/mol. The van der Waals surface area contributed by atoms with E-state index < -0.39 is 0 Å². The maximum Gasteiger partial charge on any atom is 0.123 e. The highest BCUT2D eigenvalue weighted by molar-refractivity contribution is 5.31. The van der Waals surface area contributed by atoms with Crippen molar-refractivity contribution in [1.29, 1.82) is 5.26 Å². The standard InChI is InChI=1S/C14H20N2/c1-14(2,3)12-8-6-11(7-9-12)13(10-15)16(4)5/h6-9,13H,1-5H3. The van der Waals surface area contributed by atoms with E-state index in [1.54, 1.807) is 0 Å². The molecule has 1 aromatic rings. The topological polar surface area (TPSA) is 27.0 Å². The number of hydrogen-bond donors (Lipinski definition) is 0. The molecule has 0 saturated carbocycles. The molecular formula is C14H20N2. The molecule has 2 heteroatoms. The molecule has 0 heterocycles. The quantitative estimate of drug-likeness (QED) is 0.759. The van der Waals surface area contributed by atoms with E-state index in [0.29, 0.717) is 0 Å². The Hall–Kier alpha value is -1.33. The number of nitriles is 1. The van der Waals surface area contributed by atoms with Gasteiger partial charge in [-0.2, -0.15) is 5.26 Å². The maximum absolute atomic E-state index is 9.09. The Morgan fingerprint density at radius 1 is 1.12 bits per heavy atom. The minimum atomic E-state index is -0.158. The van der Waals surface area contributed by atoms with Crippen LogP contribution in [0.2, 0.25) is 0 Å². The lowest BCUT2D eigenvalue weighted by molar-refractivity contribution is 0.358. The van der Waals surface area contributed by atoms with Gasteiger partial charge in [-0.3, -0.25) is 4.90 Å². The molecule has 0 bridgehead atoms. The van der Waals surface area contributed by atoms with Crippen LogP contribution in [-0.2, 0) is 5.41 Å². The third kappa shape index (κ3) is 2.84. The van der Waals surface area contributed by atoms with Crippen molar-refractivity contribution in [2.45, 2.75) is 32.2 Å². The van der Waals surface area contributed by atoms with Crippen LogP contribution in [0, 0.1) is 11.3 Å². The molecule has 0 saturated heterocycles. The van der Waals surface area contributed by atoms with Crippen LogP contribution in [0.25, 0.3) is 0 Å². The molecule has 0 fully saturated rings. The first-order chi connectivity index (χ1) is 7.36. The van der Waals surface area contributed by atoms with E-state index in [4.69, 9.17) is 5.26 Å². The van der Waals surface area contributed by atoms with Crippen LogP contribution in [0.5, 0.6) is 0 Å². The first-order valence-electron chi connectivity index (χ1n) is 5.52. The van der Waals surface area contributed by atoms with E-state index >= 15 is 0 Å². The summed E-state index contributed by atoms with van der Waals surface area (Å²) in [5.74, 6) is 0. The molecule has 2 nitrogen and oxygen atoms in total. The van der Waals surface area contributed by atoms with Crippen LogP contribution in [0.3, 0.4) is 0 Å². The molecule has 86 valence electrons. The van der Waals surface area contributed by atoms with Gasteiger partial charge in [-0.05, 0) is 30.6 Å². The molecule has 0 amide bonds. The molecule has 16 heavy (non-hydrogen) atoms. The lowest BCUT2D eigenvalue weighted by Gasteiger charge is -2.21. The van der Waals surface area contributed by atoms with Crippen LogP contribution >= 0.6 is 0 Å². The number of nitrogens with zero attached hydrogens (tertiary/aromatic N) is 2. The Labute approximate surface area is 98.5 Å². The van der Waals surface area contributed by atoms with Gasteiger partial charge < -0.3 is 0 Å². The third-order valence-corrected chi connectivity index (χ3v) is 2.73. The lowest BCUT2D eigenvalue weighted by Crippen LogP contribution is -2.18. The molecule has 0 aliphatic rings. The predicted octanol–water partition coefficient (Wildman–Crippen LogP) is 3.11. The second-order valence-corrected chi connectivity index (χ2v) is 5.37. The number of hydrogen-bond acceptors (Lipinski definition) is 2. The summed E-state index contributed by atoms with van der Waals surface area (Å²) in [6.07, 6.45) is 0. The summed E-state index contributed by atoms with van der Waals surface area (Å²) in [4.78, 5) is 1.92. The van der Waals surface area contributed by atoms with Crippen molar-refractivity contribution in [2.75, 3.05) is 14.1 Å². The van der Waals surface area contributed by atoms with Crippen molar-refractivity contribution in [1.82, 2.24) is 4.90 Å². The average Bonchev–Trinajstić information content (AvgIpc) is 2.17. The van der Waals surface area contributed by atoms with Crippen LogP contribution in [0.4, 0.5) is 0 Å². The zero-order valence-electron chi connectivity index (χ0n) is 10.8. The van der Waals surface area contributed by atoms with Gasteiger partial charge in [-0.1, -0.05) is 45.0 Å². The molecule has 1 rings (SSSR count). The van der Waals surface area contributed by atoms with Crippen LogP contribution in [0.1, 0.15) is 37.9 Å². The smallest absolute Gasteiger partial charge is 0.123 e. The lowest BCUT2D eigenvalue weighted by atomic mass is 9.86. The summed E-state index contributed by atoms with van der Waals surface area (Å²) >= 11 is 0. The number of rotatable bonds is 2. The molecule has 0 N–H and O–H groups in total. The zero-order chi connectivity index (χ0) is 12.3. The van der Waals surface area contributed by atoms with Crippen molar-refractivity contribution >= 4 is 0 Å². The second-order valence-electron chi connectivity index (χ2n) is 5.37. The highest BCUT2D eigenvalue weighted by Crippen LogP contribution is 2.24. The van der Waals surface area contributed by atoms with Crippen LogP contribution in [0.15, 0.2) is 24.3 Å². The van der Waals surface area contributed by atoms with Crippen molar-refractivity contribution in [2.24, 2.45) is 0 Å². The van der Waals surface area contributed by atoms with Crippen molar-refractivity contribution in [3.8, 4) is 6.07 Å². The Morgan fingerprint density at radius 2 is 1.62 bits per heavy atom. The molecule has 1 aromatic carbocycles. The molecule has 0 radical (unpaired) electrons. The van der Waals surface area contributed by atoms with Crippen LogP contribution in [-0.4, -0.2) is 19.0 Å². The molecule has 0 aliphatic heterocycles. The summed E-state index contributed by atoms with van der Waals surface area (Å²) in [5, 5.41) is 9.09. The average molecular weight is 216 g/mol. The molecule has 1 atom stereocenters. The van der Waals surface area contributed by atoms with Gasteiger partial charge in [0.15, 0.2) is 0 Å². The van der Waals surface area contributed by atoms with Crippen LogP contribution < -0.4 is 0 Å². The predicted molar refractivity (Wildman–Crippen MR) is 67.2 cm³/mol. The fourth-order valence-electron chi connectivity index (χ4n) is 1.65. The molecule has 0 spiro atoms. The van der Waals surface area contributed by atoms with E-state index in [1.165, 1.54) is 5.56 Å². The van der Waals surface area contributed by atoms with E-state index in [-0.39, 0.29) is 11.5 Å². The van der Waals surface area contributed by atoms with Gasteiger partial charge in [0.1, 0.15) is 6.04 Å². The SMILES string of the molecule is CN(C)C(C#N)c1ccc(C(C)(C)C)cc1. The second kappa shape index (κ2) is 4.67. The first-order valence-corrected chi connectivity index (χ1v) is 5.52. The zero-order valence-corrected chi connectivity index (χ0v) is 10.8. The summed E-state index contributed by atoms with van der Waals surface area (Å²) in [6, 6.07) is 10.5. The fraction of sp³-hybridized carbons (Fsp3) is 0.500. The Balaban J connectivity index is 3.00. The summed E-state index contributed by atoms with van der Waals surface area (Å²) in [6.45, 7) is 6.57. The normalized spacial score (nSPS) is 13.6. The highest BCUT2D eigenvalue weighted by atomic mass is 15.1. The van der Waals surface area contributed by atoms with E-state index in [0.717, 1.165) is 5.56 Å². The van der Waals surface area contributed by atoms with Gasteiger partial charge in [-0.15, -0.1) is 0 Å². The van der Waals surface area contributed by atoms with Gasteiger partial charge >= 0.3 is 0 Å². The van der Waals surface area contributed by atoms with Gasteiger partial charge in [0.25, 0.3) is 0 Å². The Bertz CT molecular complexity index is 377. The summed E-state index contributed by atoms with van der Waals surface area (Å²) < 4.78 is 0. The highest BCUT2D eigenvalue weighted by Gasteiger charge is 2.16. The van der Waals surface area contributed by atoms with Gasteiger partial charge in [-0.25, -0.2) is 0 Å². The van der Waals surface area contributed by atoms with Crippen molar-refractivity contribution < 1.29 is 0 Å². The third-order valence-electron chi connectivity index (χ3n) is 2.73. The van der Waals surface area contributed by atoms with Gasteiger partial charge in [0.2, 0.25) is 0 Å². The van der Waals surface area contributed by atoms with E-state index in [2.05, 4.69) is 51.1 Å². The fourth-order valence-corrected chi connectivity index (χ4v) is 1.65. The summed E-state index contributed by atoms with van der Waals surface area (Å²) in [5.41, 5.74) is 2.52. The van der Waals surface area contributed by atoms with E-state index in [1.807, 2.05) is 19.0 Å². The van der Waals surface area contributed by atoms with Crippen molar-refractivity contribution in [3.05, 3.63) is 35.4 Å². The molecule has 0 aromatic heterocycles. The van der Waals surface area contributed by atoms with Gasteiger partial charge in [0, 0.05) is 0 Å². The Kier molecular flexibility index (Phi) is 3.72. The Morgan fingerprint density at radius 3 is 1.94 bits per heavy atom. The molecule has 0 aliphatic carbocycles. The number of benzene rings is 1. The molecular weight excluding hydrogens is 196 g/mol. The van der Waals surface area contributed by atoms with Gasteiger partial charge in [0.05, 0.1) is 6.07 Å². The minimum absolute atomic E-state index is 0.158. The molecule has 1 unspecified atom stereocenters. The maximum atomic E-state index is 9.09. The van der Waals surface area contributed by atoms with Crippen molar-refractivity contribution in [3.63, 3.8) is 0 Å². The van der Waals surface area contributed by atoms with E-state index in [9.17, 15) is 0 Å². The summed E-state index contributed by atoms with van der Waals surface area (Å²) in [7, 11) is 3.84. The first kappa shape index (κ1) is 12.7. The minimum Gasteiger partial charge on any atom is -0.291 e.